The molecule has 2 rings (SSSR count). The van der Waals surface area contributed by atoms with Gasteiger partial charge in [0.1, 0.15) is 0 Å². The van der Waals surface area contributed by atoms with E-state index >= 15 is 0 Å². The van der Waals surface area contributed by atoms with Gasteiger partial charge in [-0.3, -0.25) is 10.1 Å². The number of nitro groups is 1. The van der Waals surface area contributed by atoms with E-state index in [1.807, 2.05) is 37.3 Å². The molecule has 0 saturated carbocycles. The molecular weight excluding hydrogens is 340 g/mol. The SMILES string of the molecule is CCCN(Cc1ccccc1)S(=O)(=O)c1cc([N+](=O)[O-])cc(C)c1C. The summed E-state index contributed by atoms with van der Waals surface area (Å²) < 4.78 is 27.7. The zero-order chi connectivity index (χ0) is 18.6. The Bertz CT molecular complexity index is 864. The molecule has 0 aliphatic rings. The second kappa shape index (κ2) is 7.76. The lowest BCUT2D eigenvalue weighted by Crippen LogP contribution is -2.32. The zero-order valence-corrected chi connectivity index (χ0v) is 15.4. The molecule has 0 saturated heterocycles. The smallest absolute Gasteiger partial charge is 0.258 e. The van der Waals surface area contributed by atoms with Gasteiger partial charge in [-0.2, -0.15) is 4.31 Å². The summed E-state index contributed by atoms with van der Waals surface area (Å²) in [5.41, 5.74) is 1.79. The first-order valence-electron chi connectivity index (χ1n) is 8.07. The number of aryl methyl sites for hydroxylation is 1. The van der Waals surface area contributed by atoms with Crippen molar-refractivity contribution in [1.82, 2.24) is 4.31 Å². The van der Waals surface area contributed by atoms with E-state index in [1.165, 1.54) is 10.4 Å². The van der Waals surface area contributed by atoms with Gasteiger partial charge in [-0.1, -0.05) is 37.3 Å². The average Bonchev–Trinajstić information content (AvgIpc) is 2.57. The number of hydrogen-bond donors (Lipinski definition) is 0. The second-order valence-electron chi connectivity index (χ2n) is 5.97. The normalized spacial score (nSPS) is 11.7. The predicted octanol–water partition coefficient (Wildman–Crippen LogP) is 3.81. The summed E-state index contributed by atoms with van der Waals surface area (Å²) in [6.07, 6.45) is 0.652. The number of nitrogens with zero attached hydrogens (tertiary/aromatic N) is 2. The molecule has 2 aromatic carbocycles. The van der Waals surface area contributed by atoms with Gasteiger partial charge in [0.2, 0.25) is 10.0 Å². The van der Waals surface area contributed by atoms with Gasteiger partial charge >= 0.3 is 0 Å². The Morgan fingerprint density at radius 3 is 2.32 bits per heavy atom. The number of non-ortho nitro benzene ring substituents is 1. The van der Waals surface area contributed by atoms with Crippen LogP contribution in [0.25, 0.3) is 0 Å². The molecule has 0 spiro atoms. The Morgan fingerprint density at radius 2 is 1.76 bits per heavy atom. The minimum atomic E-state index is -3.84. The van der Waals surface area contributed by atoms with Crippen molar-refractivity contribution in [2.24, 2.45) is 0 Å². The van der Waals surface area contributed by atoms with Gasteiger partial charge in [-0.05, 0) is 37.0 Å². The fourth-order valence-corrected chi connectivity index (χ4v) is 4.48. The van der Waals surface area contributed by atoms with Gasteiger partial charge in [-0.25, -0.2) is 8.42 Å². The van der Waals surface area contributed by atoms with Gasteiger partial charge in [-0.15, -0.1) is 0 Å². The average molecular weight is 362 g/mol. The van der Waals surface area contributed by atoms with Gasteiger partial charge in [0.15, 0.2) is 0 Å². The molecule has 2 aromatic rings. The van der Waals surface area contributed by atoms with Crippen LogP contribution < -0.4 is 0 Å². The van der Waals surface area contributed by atoms with E-state index in [4.69, 9.17) is 0 Å². The van der Waals surface area contributed by atoms with Crippen molar-refractivity contribution in [3.8, 4) is 0 Å². The summed E-state index contributed by atoms with van der Waals surface area (Å²) in [5, 5.41) is 11.1. The van der Waals surface area contributed by atoms with E-state index in [2.05, 4.69) is 0 Å². The van der Waals surface area contributed by atoms with Crippen LogP contribution in [-0.4, -0.2) is 24.2 Å². The van der Waals surface area contributed by atoms with Gasteiger partial charge < -0.3 is 0 Å². The summed E-state index contributed by atoms with van der Waals surface area (Å²) in [5.74, 6) is 0. The van der Waals surface area contributed by atoms with E-state index in [0.717, 1.165) is 11.6 Å². The van der Waals surface area contributed by atoms with E-state index in [0.29, 0.717) is 24.1 Å². The molecule has 0 N–H and O–H groups in total. The lowest BCUT2D eigenvalue weighted by atomic mass is 10.1. The van der Waals surface area contributed by atoms with Gasteiger partial charge in [0.25, 0.3) is 5.69 Å². The van der Waals surface area contributed by atoms with Crippen LogP contribution in [0, 0.1) is 24.0 Å². The molecule has 0 bridgehead atoms. The largest absolute Gasteiger partial charge is 0.271 e. The van der Waals surface area contributed by atoms with Crippen LogP contribution >= 0.6 is 0 Å². The zero-order valence-electron chi connectivity index (χ0n) is 14.6. The van der Waals surface area contributed by atoms with Crippen LogP contribution in [0.5, 0.6) is 0 Å². The van der Waals surface area contributed by atoms with E-state index in [1.54, 1.807) is 13.8 Å². The molecule has 0 aliphatic heterocycles. The van der Waals surface area contributed by atoms with Crippen LogP contribution in [0.2, 0.25) is 0 Å². The Kier molecular flexibility index (Phi) is 5.92. The Labute approximate surface area is 148 Å². The van der Waals surface area contributed by atoms with Crippen molar-refractivity contribution in [3.05, 3.63) is 69.3 Å². The van der Waals surface area contributed by atoms with Crippen molar-refractivity contribution in [2.75, 3.05) is 6.54 Å². The molecule has 0 amide bonds. The summed E-state index contributed by atoms with van der Waals surface area (Å²) in [6.45, 7) is 5.84. The molecule has 0 aromatic heterocycles. The third kappa shape index (κ3) is 4.24. The molecule has 25 heavy (non-hydrogen) atoms. The molecule has 0 atom stereocenters. The van der Waals surface area contributed by atoms with Gasteiger partial charge in [0, 0.05) is 25.2 Å². The maximum atomic E-state index is 13.2. The predicted molar refractivity (Wildman–Crippen MR) is 96.9 cm³/mol. The van der Waals surface area contributed by atoms with Crippen molar-refractivity contribution >= 4 is 15.7 Å². The van der Waals surface area contributed by atoms with Crippen molar-refractivity contribution in [2.45, 2.75) is 38.6 Å². The molecule has 6 nitrogen and oxygen atoms in total. The van der Waals surface area contributed by atoms with Gasteiger partial charge in [0.05, 0.1) is 9.82 Å². The first-order chi connectivity index (χ1) is 11.8. The standard InChI is InChI=1S/C18H22N2O4S/c1-4-10-19(13-16-8-6-5-7-9-16)25(23,24)18-12-17(20(21)22)11-14(2)15(18)3/h5-9,11-12H,4,10,13H2,1-3H3. The quantitative estimate of drug-likeness (QED) is 0.554. The maximum Gasteiger partial charge on any atom is 0.271 e. The third-order valence-corrected chi connectivity index (χ3v) is 6.08. The number of rotatable bonds is 7. The first-order valence-corrected chi connectivity index (χ1v) is 9.51. The Balaban J connectivity index is 2.51. The van der Waals surface area contributed by atoms with E-state index in [9.17, 15) is 18.5 Å². The highest BCUT2D eigenvalue weighted by atomic mass is 32.2. The highest BCUT2D eigenvalue weighted by molar-refractivity contribution is 7.89. The fraction of sp³-hybridized carbons (Fsp3) is 0.333. The number of nitro benzene ring substituents is 1. The van der Waals surface area contributed by atoms with Crippen LogP contribution in [0.4, 0.5) is 5.69 Å². The Morgan fingerprint density at radius 1 is 1.12 bits per heavy atom. The molecule has 7 heteroatoms. The summed E-state index contributed by atoms with van der Waals surface area (Å²) >= 11 is 0. The maximum absolute atomic E-state index is 13.2. The highest BCUT2D eigenvalue weighted by Gasteiger charge is 2.28. The lowest BCUT2D eigenvalue weighted by Gasteiger charge is -2.23. The van der Waals surface area contributed by atoms with Crippen LogP contribution in [0.15, 0.2) is 47.4 Å². The van der Waals surface area contributed by atoms with E-state index in [-0.39, 0.29) is 17.1 Å². The molecular formula is C18H22N2O4S. The lowest BCUT2D eigenvalue weighted by molar-refractivity contribution is -0.385. The van der Waals surface area contributed by atoms with E-state index < -0.39 is 14.9 Å². The summed E-state index contributed by atoms with van der Waals surface area (Å²) in [6, 6.07) is 11.9. The minimum Gasteiger partial charge on any atom is -0.258 e. The van der Waals surface area contributed by atoms with Crippen LogP contribution in [-0.2, 0) is 16.6 Å². The minimum absolute atomic E-state index is 0.00332. The number of hydrogen-bond acceptors (Lipinski definition) is 4. The van der Waals surface area contributed by atoms with Crippen molar-refractivity contribution in [3.63, 3.8) is 0 Å². The fourth-order valence-electron chi connectivity index (χ4n) is 2.64. The molecule has 134 valence electrons. The molecule has 0 heterocycles. The topological polar surface area (TPSA) is 80.5 Å². The summed E-state index contributed by atoms with van der Waals surface area (Å²) in [7, 11) is -3.84. The van der Waals surface area contributed by atoms with Crippen molar-refractivity contribution in [1.29, 1.82) is 0 Å². The summed E-state index contributed by atoms with van der Waals surface area (Å²) in [4.78, 5) is 10.6. The number of sulfonamides is 1. The molecule has 0 unspecified atom stereocenters. The Hall–Kier alpha value is -2.25. The number of benzene rings is 2. The molecule has 0 fully saturated rings. The second-order valence-corrected chi connectivity index (χ2v) is 7.87. The first kappa shape index (κ1) is 19.1. The van der Waals surface area contributed by atoms with Crippen LogP contribution in [0.3, 0.4) is 0 Å². The molecule has 0 radical (unpaired) electrons. The van der Waals surface area contributed by atoms with Crippen molar-refractivity contribution < 1.29 is 13.3 Å². The van der Waals surface area contributed by atoms with Crippen LogP contribution in [0.1, 0.15) is 30.0 Å². The highest BCUT2D eigenvalue weighted by Crippen LogP contribution is 2.28. The monoisotopic (exact) mass is 362 g/mol. The third-order valence-electron chi connectivity index (χ3n) is 4.11. The molecule has 0 aliphatic carbocycles.